The van der Waals surface area contributed by atoms with Crippen molar-refractivity contribution in [3.8, 4) is 0 Å². The van der Waals surface area contributed by atoms with Crippen molar-refractivity contribution in [3.63, 3.8) is 0 Å². The Morgan fingerprint density at radius 3 is 2.56 bits per heavy atom. The fourth-order valence-electron chi connectivity index (χ4n) is 1.98. The molecule has 1 rings (SSSR count). The molecule has 0 unspecified atom stereocenters. The van der Waals surface area contributed by atoms with E-state index in [1.165, 1.54) is 29.7 Å². The van der Waals surface area contributed by atoms with Crippen LogP contribution in [0.5, 0.6) is 0 Å². The lowest BCUT2D eigenvalue weighted by Crippen LogP contribution is -2.25. The average Bonchev–Trinajstić information content (AvgIpc) is 2.31. The van der Waals surface area contributed by atoms with Gasteiger partial charge in [0.15, 0.2) is 0 Å². The fourth-order valence-corrected chi connectivity index (χ4v) is 1.98. The summed E-state index contributed by atoms with van der Waals surface area (Å²) in [4.78, 5) is 2.42. The van der Waals surface area contributed by atoms with Crippen LogP contribution in [0, 0.1) is 6.92 Å². The first kappa shape index (κ1) is 13.0. The molecule has 0 fully saturated rings. The number of nitrogens with two attached hydrogens (primary N) is 1. The van der Waals surface area contributed by atoms with E-state index < -0.39 is 0 Å². The Kier molecular flexibility index (Phi) is 5.33. The summed E-state index contributed by atoms with van der Waals surface area (Å²) in [6, 6.07) is 6.57. The Hall–Kier alpha value is -1.02. The number of hydrogen-bond donors (Lipinski definition) is 1. The molecule has 0 saturated carbocycles. The van der Waals surface area contributed by atoms with E-state index in [0.29, 0.717) is 6.54 Å². The summed E-state index contributed by atoms with van der Waals surface area (Å²) in [6.07, 6.45) is 2.48. The van der Waals surface area contributed by atoms with Crippen LogP contribution in [0.25, 0.3) is 0 Å². The van der Waals surface area contributed by atoms with Crippen LogP contribution in [-0.2, 0) is 6.54 Å². The van der Waals surface area contributed by atoms with Crippen molar-refractivity contribution in [1.82, 2.24) is 0 Å². The van der Waals surface area contributed by atoms with Gasteiger partial charge in [-0.15, -0.1) is 0 Å². The summed E-state index contributed by atoms with van der Waals surface area (Å²) in [5.41, 5.74) is 9.67. The van der Waals surface area contributed by atoms with Crippen LogP contribution in [0.1, 0.15) is 37.8 Å². The molecule has 2 N–H and O–H groups in total. The molecule has 1 aromatic carbocycles. The van der Waals surface area contributed by atoms with E-state index in [2.05, 4.69) is 43.9 Å². The van der Waals surface area contributed by atoms with E-state index in [9.17, 15) is 0 Å². The number of nitrogens with zero attached hydrogens (tertiary/aromatic N) is 1. The molecule has 2 heteroatoms. The smallest absolute Gasteiger partial charge is 0.0411 e. The number of hydrogen-bond acceptors (Lipinski definition) is 2. The highest BCUT2D eigenvalue weighted by molar-refractivity contribution is 5.54. The summed E-state index contributed by atoms with van der Waals surface area (Å²) in [5.74, 6) is 0. The second-order valence-electron chi connectivity index (χ2n) is 4.27. The molecule has 0 bridgehead atoms. The van der Waals surface area contributed by atoms with E-state index >= 15 is 0 Å². The molecule has 0 amide bonds. The minimum Gasteiger partial charge on any atom is -0.372 e. The lowest BCUT2D eigenvalue weighted by molar-refractivity contribution is 0.728. The summed E-state index contributed by atoms with van der Waals surface area (Å²) < 4.78 is 0. The van der Waals surface area contributed by atoms with Gasteiger partial charge in [0.05, 0.1) is 0 Å². The van der Waals surface area contributed by atoms with Gasteiger partial charge in [-0.2, -0.15) is 0 Å². The van der Waals surface area contributed by atoms with Crippen molar-refractivity contribution < 1.29 is 0 Å². The second kappa shape index (κ2) is 6.54. The van der Waals surface area contributed by atoms with Gasteiger partial charge in [0.1, 0.15) is 0 Å². The Bertz CT molecular complexity index is 321. The zero-order chi connectivity index (χ0) is 12.0. The monoisotopic (exact) mass is 220 g/mol. The molecule has 90 valence electrons. The summed E-state index contributed by atoms with van der Waals surface area (Å²) >= 11 is 0. The van der Waals surface area contributed by atoms with Crippen molar-refractivity contribution in [3.05, 3.63) is 29.3 Å². The molecule has 0 aliphatic heterocycles. The van der Waals surface area contributed by atoms with Crippen LogP contribution in [-0.4, -0.2) is 13.1 Å². The molecule has 0 radical (unpaired) electrons. The highest BCUT2D eigenvalue weighted by atomic mass is 15.1. The van der Waals surface area contributed by atoms with Crippen LogP contribution in [0.3, 0.4) is 0 Å². The minimum absolute atomic E-state index is 0.625. The van der Waals surface area contributed by atoms with Gasteiger partial charge in [-0.1, -0.05) is 31.0 Å². The molecule has 2 nitrogen and oxygen atoms in total. The third-order valence-electron chi connectivity index (χ3n) is 2.96. The van der Waals surface area contributed by atoms with Crippen molar-refractivity contribution >= 4 is 5.69 Å². The molecule has 0 aromatic heterocycles. The molecule has 0 saturated heterocycles. The van der Waals surface area contributed by atoms with Crippen LogP contribution < -0.4 is 10.6 Å². The highest BCUT2D eigenvalue weighted by Crippen LogP contribution is 2.22. The first-order valence-corrected chi connectivity index (χ1v) is 6.27. The molecule has 16 heavy (non-hydrogen) atoms. The maximum absolute atomic E-state index is 5.81. The Morgan fingerprint density at radius 2 is 2.00 bits per heavy atom. The zero-order valence-electron chi connectivity index (χ0n) is 10.8. The van der Waals surface area contributed by atoms with Crippen molar-refractivity contribution in [1.29, 1.82) is 0 Å². The molecular weight excluding hydrogens is 196 g/mol. The number of benzene rings is 1. The fraction of sp³-hybridized carbons (Fsp3) is 0.571. The Morgan fingerprint density at radius 1 is 1.25 bits per heavy atom. The van der Waals surface area contributed by atoms with Gasteiger partial charge in [-0.05, 0) is 31.9 Å². The quantitative estimate of drug-likeness (QED) is 0.798. The van der Waals surface area contributed by atoms with Gasteiger partial charge in [-0.3, -0.25) is 0 Å². The van der Waals surface area contributed by atoms with E-state index in [4.69, 9.17) is 5.73 Å². The summed E-state index contributed by atoms with van der Waals surface area (Å²) in [5, 5.41) is 0. The molecule has 0 spiro atoms. The SMILES string of the molecule is CCCCN(CC)c1ccc(C)cc1CN. The molecule has 0 heterocycles. The highest BCUT2D eigenvalue weighted by Gasteiger charge is 2.08. The van der Waals surface area contributed by atoms with Gasteiger partial charge >= 0.3 is 0 Å². The maximum Gasteiger partial charge on any atom is 0.0411 e. The van der Waals surface area contributed by atoms with E-state index in [1.54, 1.807) is 0 Å². The van der Waals surface area contributed by atoms with Crippen LogP contribution in [0.2, 0.25) is 0 Å². The molecular formula is C14H24N2. The standard InChI is InChI=1S/C14H24N2/c1-4-6-9-16(5-2)14-8-7-12(3)10-13(14)11-15/h7-8,10H,4-6,9,11,15H2,1-3H3. The normalized spacial score (nSPS) is 10.5. The zero-order valence-corrected chi connectivity index (χ0v) is 10.8. The second-order valence-corrected chi connectivity index (χ2v) is 4.27. The van der Waals surface area contributed by atoms with E-state index in [-0.39, 0.29) is 0 Å². The first-order chi connectivity index (χ1) is 7.72. The predicted octanol–water partition coefficient (Wildman–Crippen LogP) is 3.08. The lowest BCUT2D eigenvalue weighted by atomic mass is 10.1. The van der Waals surface area contributed by atoms with Gasteiger partial charge in [-0.25, -0.2) is 0 Å². The number of rotatable bonds is 6. The topological polar surface area (TPSA) is 29.3 Å². The number of aryl methyl sites for hydroxylation is 1. The molecule has 1 aromatic rings. The predicted molar refractivity (Wildman–Crippen MR) is 71.9 cm³/mol. The number of anilines is 1. The minimum atomic E-state index is 0.625. The van der Waals surface area contributed by atoms with Gasteiger partial charge in [0.2, 0.25) is 0 Å². The molecule has 0 aliphatic carbocycles. The van der Waals surface area contributed by atoms with E-state index in [0.717, 1.165) is 13.1 Å². The van der Waals surface area contributed by atoms with Crippen LogP contribution in [0.4, 0.5) is 5.69 Å². The largest absolute Gasteiger partial charge is 0.372 e. The third-order valence-corrected chi connectivity index (χ3v) is 2.96. The molecule has 0 atom stereocenters. The van der Waals surface area contributed by atoms with Gasteiger partial charge < -0.3 is 10.6 Å². The van der Waals surface area contributed by atoms with Gasteiger partial charge in [0.25, 0.3) is 0 Å². The Labute approximate surface area is 99.5 Å². The third kappa shape index (κ3) is 3.24. The summed E-state index contributed by atoms with van der Waals surface area (Å²) in [6.45, 7) is 9.35. The van der Waals surface area contributed by atoms with Crippen molar-refractivity contribution in [2.24, 2.45) is 5.73 Å². The first-order valence-electron chi connectivity index (χ1n) is 6.27. The maximum atomic E-state index is 5.81. The number of unbranched alkanes of at least 4 members (excludes halogenated alkanes) is 1. The average molecular weight is 220 g/mol. The molecule has 0 aliphatic rings. The van der Waals surface area contributed by atoms with Crippen LogP contribution >= 0.6 is 0 Å². The van der Waals surface area contributed by atoms with Crippen molar-refractivity contribution in [2.45, 2.75) is 40.2 Å². The lowest BCUT2D eigenvalue weighted by Gasteiger charge is -2.25. The summed E-state index contributed by atoms with van der Waals surface area (Å²) in [7, 11) is 0. The van der Waals surface area contributed by atoms with Crippen LogP contribution in [0.15, 0.2) is 18.2 Å². The van der Waals surface area contributed by atoms with Crippen molar-refractivity contribution in [2.75, 3.05) is 18.0 Å². The van der Waals surface area contributed by atoms with E-state index in [1.807, 2.05) is 0 Å². The Balaban J connectivity index is 2.90. The van der Waals surface area contributed by atoms with Gasteiger partial charge in [0, 0.05) is 25.3 Å².